The highest BCUT2D eigenvalue weighted by Crippen LogP contribution is 2.53. The summed E-state index contributed by atoms with van der Waals surface area (Å²) >= 11 is 0. The van der Waals surface area contributed by atoms with Crippen molar-refractivity contribution in [3.8, 4) is 0 Å². The Balaban J connectivity index is 6.45. The first-order valence-corrected chi connectivity index (χ1v) is 10.4. The van der Waals surface area contributed by atoms with Crippen molar-refractivity contribution in [3.63, 3.8) is 0 Å². The van der Waals surface area contributed by atoms with Crippen LogP contribution in [0.3, 0.4) is 0 Å². The van der Waals surface area contributed by atoms with Gasteiger partial charge >= 0.3 is 21.2 Å². The van der Waals surface area contributed by atoms with Crippen LogP contribution in [0.1, 0.15) is 19.3 Å². The second-order valence-electron chi connectivity index (χ2n) is 5.25. The molecular formula is C12H24N2O9P2. The summed E-state index contributed by atoms with van der Waals surface area (Å²) in [5.41, 5.74) is 2.29. The first kappa shape index (κ1) is 24.1. The molecule has 11 nitrogen and oxygen atoms in total. The summed E-state index contributed by atoms with van der Waals surface area (Å²) in [7, 11) is -10.4. The molecule has 0 heterocycles. The minimum Gasteiger partial charge on any atom is -0.478 e. The van der Waals surface area contributed by atoms with Crippen LogP contribution in [0.5, 0.6) is 0 Å². The van der Waals surface area contributed by atoms with E-state index in [4.69, 9.17) is 5.73 Å². The quantitative estimate of drug-likeness (QED) is 0.0966. The van der Waals surface area contributed by atoms with E-state index in [9.17, 15) is 43.7 Å². The molecule has 3 atom stereocenters. The SMILES string of the molecule is C=CC(N(C(C=C)P(=O)(O)O)C(O)(CCCCN)C(=O)O)P(=O)(O)O. The molecule has 146 valence electrons. The Morgan fingerprint density at radius 1 is 1.08 bits per heavy atom. The molecule has 0 aromatic carbocycles. The van der Waals surface area contributed by atoms with Gasteiger partial charge in [0.2, 0.25) is 5.72 Å². The highest BCUT2D eigenvalue weighted by atomic mass is 31.2. The van der Waals surface area contributed by atoms with Crippen LogP contribution in [0.2, 0.25) is 0 Å². The molecule has 0 spiro atoms. The number of hydrogen-bond acceptors (Lipinski definition) is 6. The zero-order chi connectivity index (χ0) is 20.1. The second-order valence-corrected chi connectivity index (χ2v) is 8.67. The number of unbranched alkanes of at least 4 members (excludes halogenated alkanes) is 1. The summed E-state index contributed by atoms with van der Waals surface area (Å²) in [6, 6.07) is 0. The monoisotopic (exact) mass is 402 g/mol. The molecule has 13 heteroatoms. The number of carboxylic acids is 1. The lowest BCUT2D eigenvalue weighted by atomic mass is 10.0. The molecule has 8 N–H and O–H groups in total. The number of rotatable bonds is 12. The van der Waals surface area contributed by atoms with Crippen LogP contribution < -0.4 is 5.73 Å². The van der Waals surface area contributed by atoms with Gasteiger partial charge in [-0.05, 0) is 19.4 Å². The average Bonchev–Trinajstić information content (AvgIpc) is 2.44. The summed E-state index contributed by atoms with van der Waals surface area (Å²) in [5, 5.41) is 20.0. The fourth-order valence-electron chi connectivity index (χ4n) is 2.28. The van der Waals surface area contributed by atoms with Crippen LogP contribution in [-0.2, 0) is 13.9 Å². The number of aliphatic carboxylic acids is 1. The third-order valence-electron chi connectivity index (χ3n) is 3.43. The molecule has 0 amide bonds. The van der Waals surface area contributed by atoms with Crippen LogP contribution in [0.15, 0.2) is 25.3 Å². The molecule has 25 heavy (non-hydrogen) atoms. The molecule has 0 saturated heterocycles. The van der Waals surface area contributed by atoms with Gasteiger partial charge in [-0.25, -0.2) is 9.69 Å². The van der Waals surface area contributed by atoms with Crippen molar-refractivity contribution in [2.24, 2.45) is 5.73 Å². The number of aliphatic hydroxyl groups is 1. The van der Waals surface area contributed by atoms with Gasteiger partial charge in [-0.3, -0.25) is 9.13 Å². The van der Waals surface area contributed by atoms with Crippen LogP contribution in [0.25, 0.3) is 0 Å². The number of hydrogen-bond donors (Lipinski definition) is 7. The van der Waals surface area contributed by atoms with E-state index in [1.54, 1.807) is 0 Å². The Morgan fingerprint density at radius 3 is 1.72 bits per heavy atom. The van der Waals surface area contributed by atoms with E-state index in [1.165, 1.54) is 0 Å². The number of carboxylic acid groups (broad SMARTS) is 1. The molecule has 3 unspecified atom stereocenters. The topological polar surface area (TPSA) is 202 Å². The molecule has 0 aliphatic carbocycles. The molecular weight excluding hydrogens is 378 g/mol. The number of nitrogens with zero attached hydrogens (tertiary/aromatic N) is 1. The Hall–Kier alpha value is -0.870. The maximum atomic E-state index is 11.7. The van der Waals surface area contributed by atoms with Crippen molar-refractivity contribution in [1.82, 2.24) is 4.90 Å². The third kappa shape index (κ3) is 6.10. The van der Waals surface area contributed by atoms with Crippen molar-refractivity contribution in [1.29, 1.82) is 0 Å². The summed E-state index contributed by atoms with van der Waals surface area (Å²) < 4.78 is 23.4. The normalized spacial score (nSPS) is 17.6. The predicted molar refractivity (Wildman–Crippen MR) is 89.4 cm³/mol. The number of carbonyl (C=O) groups is 1. The molecule has 0 fully saturated rings. The van der Waals surface area contributed by atoms with Gasteiger partial charge in [0.05, 0.1) is 0 Å². The minimum atomic E-state index is -5.18. The van der Waals surface area contributed by atoms with Gasteiger partial charge in [-0.15, -0.1) is 13.2 Å². The van der Waals surface area contributed by atoms with Gasteiger partial charge in [0.1, 0.15) is 11.6 Å². The smallest absolute Gasteiger partial charge is 0.351 e. The van der Waals surface area contributed by atoms with Crippen LogP contribution in [-0.4, -0.2) is 64.5 Å². The van der Waals surface area contributed by atoms with E-state index in [0.29, 0.717) is 12.2 Å². The lowest BCUT2D eigenvalue weighted by molar-refractivity contribution is -0.187. The second kappa shape index (κ2) is 9.18. The Bertz CT molecular complexity index is 553. The lowest BCUT2D eigenvalue weighted by Gasteiger charge is -2.44. The third-order valence-corrected chi connectivity index (χ3v) is 5.73. The molecule has 0 aliphatic rings. The van der Waals surface area contributed by atoms with E-state index in [0.717, 1.165) is 0 Å². The fraction of sp³-hybridized carbons (Fsp3) is 0.583. The first-order valence-electron chi connectivity index (χ1n) is 7.07. The largest absolute Gasteiger partial charge is 0.478 e. The summed E-state index contributed by atoms with van der Waals surface area (Å²) in [5.74, 6) is -6.30. The van der Waals surface area contributed by atoms with E-state index in [1.807, 2.05) is 0 Å². The van der Waals surface area contributed by atoms with Gasteiger partial charge in [0.15, 0.2) is 0 Å². The Morgan fingerprint density at radius 2 is 1.48 bits per heavy atom. The Labute approximate surface area is 144 Å². The molecule has 0 aromatic heterocycles. The number of nitrogens with two attached hydrogens (primary N) is 1. The minimum absolute atomic E-state index is 0.0197. The summed E-state index contributed by atoms with van der Waals surface area (Å²) in [6.07, 6.45) is 0.931. The van der Waals surface area contributed by atoms with Crippen LogP contribution in [0, 0.1) is 0 Å². The molecule has 0 saturated carbocycles. The molecule has 0 bridgehead atoms. The van der Waals surface area contributed by atoms with Gasteiger partial charge in [-0.2, -0.15) is 0 Å². The van der Waals surface area contributed by atoms with Crippen LogP contribution in [0.4, 0.5) is 0 Å². The zero-order valence-corrected chi connectivity index (χ0v) is 15.2. The van der Waals surface area contributed by atoms with Gasteiger partial charge in [0, 0.05) is 6.42 Å². The molecule has 0 aromatic rings. The predicted octanol–water partition coefficient (Wildman–Crippen LogP) is -0.430. The average molecular weight is 402 g/mol. The molecule has 0 rings (SSSR count). The van der Waals surface area contributed by atoms with Crippen molar-refractivity contribution in [2.75, 3.05) is 6.54 Å². The fourth-order valence-corrected chi connectivity index (χ4v) is 4.25. The highest BCUT2D eigenvalue weighted by molar-refractivity contribution is 7.53. The van der Waals surface area contributed by atoms with Gasteiger partial charge in [-0.1, -0.05) is 12.2 Å². The van der Waals surface area contributed by atoms with E-state index < -0.39 is 44.9 Å². The summed E-state index contributed by atoms with van der Waals surface area (Å²) in [4.78, 5) is 49.6. The standard InChI is InChI=1S/C12H24N2O9P2/c1-3-9(24(18,19)20)14(10(4-2)25(21,22)23)12(17,11(15)16)7-5-6-8-13/h3-4,9-10,17H,1-2,5-8,13H2,(H,15,16)(H2,18,19,20)(H2,21,22,23). The van der Waals surface area contributed by atoms with Crippen molar-refractivity contribution in [2.45, 2.75) is 36.6 Å². The Kier molecular flexibility index (Phi) is 8.86. The van der Waals surface area contributed by atoms with Crippen molar-refractivity contribution >= 4 is 21.2 Å². The molecule has 0 aliphatic heterocycles. The summed E-state index contributed by atoms with van der Waals surface area (Å²) in [6.45, 7) is 6.50. The first-order chi connectivity index (χ1) is 11.3. The maximum absolute atomic E-state index is 11.7. The van der Waals surface area contributed by atoms with Gasteiger partial charge < -0.3 is 35.5 Å². The zero-order valence-electron chi connectivity index (χ0n) is 13.4. The van der Waals surface area contributed by atoms with Crippen LogP contribution >= 0.6 is 15.2 Å². The maximum Gasteiger partial charge on any atom is 0.351 e. The molecule has 0 radical (unpaired) electrons. The van der Waals surface area contributed by atoms with E-state index >= 15 is 0 Å². The van der Waals surface area contributed by atoms with E-state index in [2.05, 4.69) is 13.2 Å². The lowest BCUT2D eigenvalue weighted by Crippen LogP contribution is -2.61. The van der Waals surface area contributed by atoms with Crippen molar-refractivity contribution < 1.29 is 43.7 Å². The highest BCUT2D eigenvalue weighted by Gasteiger charge is 2.55. The van der Waals surface area contributed by atoms with E-state index in [-0.39, 0.29) is 24.3 Å². The van der Waals surface area contributed by atoms with Gasteiger partial charge in [0.25, 0.3) is 0 Å². The van der Waals surface area contributed by atoms with Crippen molar-refractivity contribution in [3.05, 3.63) is 25.3 Å².